The maximum atomic E-state index is 13.8. The quantitative estimate of drug-likeness (QED) is 0.112. The van der Waals surface area contributed by atoms with E-state index in [4.69, 9.17) is 0 Å². The smallest absolute Gasteiger partial charge is 0.325 e. The summed E-state index contributed by atoms with van der Waals surface area (Å²) in [6.45, 7) is 6.64. The van der Waals surface area contributed by atoms with Gasteiger partial charge in [-0.2, -0.15) is 0 Å². The highest BCUT2D eigenvalue weighted by molar-refractivity contribution is 5.95. The van der Waals surface area contributed by atoms with Gasteiger partial charge in [-0.25, -0.2) is 0 Å². The summed E-state index contributed by atoms with van der Waals surface area (Å²) in [6.07, 6.45) is 1.19. The van der Waals surface area contributed by atoms with Crippen LogP contribution in [-0.2, 0) is 36.9 Å². The number of carbonyl (C=O) groups excluding carboxylic acids is 4. The number of amides is 4. The molecule has 0 unspecified atom stereocenters. The summed E-state index contributed by atoms with van der Waals surface area (Å²) in [7, 11) is 0. The predicted octanol–water partition coefficient (Wildman–Crippen LogP) is 1.62. The van der Waals surface area contributed by atoms with Crippen LogP contribution in [0.1, 0.15) is 58.1 Å². The molecule has 3 rings (SSSR count). The number of aromatic hydroxyl groups is 1. The topological polar surface area (TPSA) is 220 Å². The van der Waals surface area contributed by atoms with Crippen LogP contribution in [0.4, 0.5) is 5.69 Å². The molecule has 2 aromatic carbocycles. The second-order valence-corrected chi connectivity index (χ2v) is 12.3. The van der Waals surface area contributed by atoms with Crippen molar-refractivity contribution >= 4 is 35.3 Å². The summed E-state index contributed by atoms with van der Waals surface area (Å²) < 4.78 is 0. The third-order valence-electron chi connectivity index (χ3n) is 8.11. The Kier molecular flexibility index (Phi) is 13.4. The van der Waals surface area contributed by atoms with E-state index in [1.165, 1.54) is 36.9 Å². The number of nitro groups is 1. The minimum absolute atomic E-state index is 0.00193. The number of likely N-dealkylation sites (tertiary alicyclic amines) is 1. The van der Waals surface area contributed by atoms with Crippen LogP contribution in [-0.4, -0.2) is 86.4 Å². The third kappa shape index (κ3) is 10.2. The molecular formula is C33H44N6O9. The Morgan fingerprint density at radius 2 is 1.58 bits per heavy atom. The summed E-state index contributed by atoms with van der Waals surface area (Å²) in [5, 5.41) is 41.6. The van der Waals surface area contributed by atoms with Gasteiger partial charge in [-0.1, -0.05) is 50.2 Å². The number of phenolic OH excluding ortho intramolecular Hbond substituents is 1. The molecule has 0 aromatic heterocycles. The number of carboxylic acids is 1. The van der Waals surface area contributed by atoms with Crippen LogP contribution in [0.2, 0.25) is 0 Å². The largest absolute Gasteiger partial charge is 0.507 e. The van der Waals surface area contributed by atoms with Gasteiger partial charge in [0.05, 0.1) is 16.5 Å². The number of carbonyl (C=O) groups is 5. The van der Waals surface area contributed by atoms with E-state index in [1.54, 1.807) is 30.3 Å². The number of aliphatic carboxylic acids is 1. The molecule has 260 valence electrons. The molecule has 1 fully saturated rings. The molecule has 0 saturated carbocycles. The minimum atomic E-state index is -1.21. The van der Waals surface area contributed by atoms with E-state index < -0.39 is 64.7 Å². The zero-order valence-corrected chi connectivity index (χ0v) is 27.5. The van der Waals surface area contributed by atoms with E-state index in [-0.39, 0.29) is 48.8 Å². The molecule has 4 amide bonds. The van der Waals surface area contributed by atoms with Crippen LogP contribution < -0.4 is 21.3 Å². The number of nitrogens with zero attached hydrogens (tertiary/aromatic N) is 2. The van der Waals surface area contributed by atoms with Crippen LogP contribution >= 0.6 is 0 Å². The molecule has 1 heterocycles. The number of carboxylic acid groups (broad SMARTS) is 1. The number of hydrogen-bond acceptors (Lipinski definition) is 9. The molecule has 1 aliphatic heterocycles. The molecule has 1 aliphatic rings. The molecule has 0 spiro atoms. The highest BCUT2D eigenvalue weighted by Crippen LogP contribution is 2.27. The molecule has 1 saturated heterocycles. The summed E-state index contributed by atoms with van der Waals surface area (Å²) in [5.41, 5.74) is 0.424. The normalized spacial score (nSPS) is 16.8. The minimum Gasteiger partial charge on any atom is -0.507 e. The number of phenols is 1. The van der Waals surface area contributed by atoms with E-state index in [1.807, 2.05) is 13.8 Å². The molecule has 0 aliphatic carbocycles. The van der Waals surface area contributed by atoms with Crippen molar-refractivity contribution in [1.29, 1.82) is 0 Å². The van der Waals surface area contributed by atoms with Crippen molar-refractivity contribution in [2.24, 2.45) is 5.92 Å². The van der Waals surface area contributed by atoms with Gasteiger partial charge < -0.3 is 36.4 Å². The average Bonchev–Trinajstić information content (AvgIpc) is 3.53. The van der Waals surface area contributed by atoms with E-state index in [9.17, 15) is 44.3 Å². The first-order valence-corrected chi connectivity index (χ1v) is 15.9. The standard InChI is InChI=1S/C33H44N6O9/c1-19(2)16-25(32(44)38-15-9-13-27(38)31(43)35-21(4)33(45)46)37-30(42)24(17-22-10-6-5-7-11-22)36-29(41)20(3)34-18-23-26(39(47)48)12-8-14-28(23)40/h5-8,10-12,14,19-21,24-25,27,34,40H,9,13,15-18H2,1-4H3,(H,35,43)(H,36,41)(H,37,42)(H,45,46)/t20-,21+,24-,25-,27-/m0/s1. The number of benzene rings is 2. The van der Waals surface area contributed by atoms with Gasteiger partial charge in [-0.05, 0) is 50.7 Å². The Morgan fingerprint density at radius 1 is 0.917 bits per heavy atom. The highest BCUT2D eigenvalue weighted by Gasteiger charge is 2.39. The van der Waals surface area contributed by atoms with Crippen molar-refractivity contribution in [3.8, 4) is 5.75 Å². The van der Waals surface area contributed by atoms with Crippen LogP contribution in [0.3, 0.4) is 0 Å². The summed E-state index contributed by atoms with van der Waals surface area (Å²) in [5.74, 6) is -3.85. The van der Waals surface area contributed by atoms with Crippen LogP contribution in [0.25, 0.3) is 0 Å². The van der Waals surface area contributed by atoms with Gasteiger partial charge in [0.2, 0.25) is 23.6 Å². The van der Waals surface area contributed by atoms with Crippen LogP contribution in [0, 0.1) is 16.0 Å². The third-order valence-corrected chi connectivity index (χ3v) is 8.11. The fraction of sp³-hybridized carbons (Fsp3) is 0.485. The van der Waals surface area contributed by atoms with Gasteiger partial charge >= 0.3 is 5.97 Å². The SMILES string of the molecule is CC(C)C[C@H](NC(=O)[C@H](Cc1ccccc1)NC(=O)[C@H](C)NCc1c(O)cccc1[N+](=O)[O-])C(=O)N1CCC[C@H]1C(=O)N[C@H](C)C(=O)O. The Hall–Kier alpha value is -5.05. The Labute approximate surface area is 278 Å². The number of rotatable bonds is 16. The Bertz CT molecular complexity index is 1490. The molecule has 0 radical (unpaired) electrons. The Balaban J connectivity index is 1.78. The number of nitrogens with one attached hydrogen (secondary N) is 4. The Morgan fingerprint density at radius 3 is 2.21 bits per heavy atom. The number of nitro benzene ring substituents is 1. The highest BCUT2D eigenvalue weighted by atomic mass is 16.6. The summed E-state index contributed by atoms with van der Waals surface area (Å²) >= 11 is 0. The molecule has 5 atom stereocenters. The van der Waals surface area contributed by atoms with Crippen molar-refractivity contribution < 1.29 is 39.1 Å². The molecule has 15 nitrogen and oxygen atoms in total. The van der Waals surface area contributed by atoms with Gasteiger partial charge in [0, 0.05) is 25.6 Å². The average molecular weight is 669 g/mol. The zero-order chi connectivity index (χ0) is 35.5. The van der Waals surface area contributed by atoms with E-state index in [0.717, 1.165) is 5.56 Å². The molecular weight excluding hydrogens is 624 g/mol. The monoisotopic (exact) mass is 668 g/mol. The van der Waals surface area contributed by atoms with E-state index >= 15 is 0 Å². The first kappa shape index (κ1) is 37.4. The van der Waals surface area contributed by atoms with Gasteiger partial charge in [0.1, 0.15) is 29.9 Å². The van der Waals surface area contributed by atoms with Gasteiger partial charge in [0.15, 0.2) is 0 Å². The van der Waals surface area contributed by atoms with Crippen molar-refractivity contribution in [2.45, 2.75) is 90.1 Å². The maximum Gasteiger partial charge on any atom is 0.325 e. The second-order valence-electron chi connectivity index (χ2n) is 12.3. The summed E-state index contributed by atoms with van der Waals surface area (Å²) in [6, 6.07) is 7.69. The second kappa shape index (κ2) is 17.2. The van der Waals surface area contributed by atoms with Gasteiger partial charge in [-0.15, -0.1) is 0 Å². The molecule has 6 N–H and O–H groups in total. The predicted molar refractivity (Wildman–Crippen MR) is 175 cm³/mol. The molecule has 2 aromatic rings. The lowest BCUT2D eigenvalue weighted by atomic mass is 10.00. The molecule has 15 heteroatoms. The lowest BCUT2D eigenvalue weighted by molar-refractivity contribution is -0.385. The van der Waals surface area contributed by atoms with Crippen molar-refractivity contribution in [1.82, 2.24) is 26.2 Å². The van der Waals surface area contributed by atoms with Gasteiger partial charge in [-0.3, -0.25) is 34.1 Å². The van der Waals surface area contributed by atoms with E-state index in [2.05, 4.69) is 21.3 Å². The fourth-order valence-corrected chi connectivity index (χ4v) is 5.46. The lowest BCUT2D eigenvalue weighted by Gasteiger charge is -2.31. The first-order chi connectivity index (χ1) is 22.7. The first-order valence-electron chi connectivity index (χ1n) is 15.9. The van der Waals surface area contributed by atoms with Gasteiger partial charge in [0.25, 0.3) is 5.69 Å². The van der Waals surface area contributed by atoms with Crippen LogP contribution in [0.15, 0.2) is 48.5 Å². The van der Waals surface area contributed by atoms with Crippen molar-refractivity contribution in [2.75, 3.05) is 6.54 Å². The lowest BCUT2D eigenvalue weighted by Crippen LogP contribution is -2.58. The fourth-order valence-electron chi connectivity index (χ4n) is 5.46. The number of hydrogen-bond donors (Lipinski definition) is 6. The van der Waals surface area contributed by atoms with Crippen LogP contribution in [0.5, 0.6) is 5.75 Å². The molecule has 0 bridgehead atoms. The van der Waals surface area contributed by atoms with Crippen molar-refractivity contribution in [3.05, 3.63) is 69.8 Å². The van der Waals surface area contributed by atoms with E-state index in [0.29, 0.717) is 12.8 Å². The maximum absolute atomic E-state index is 13.8. The van der Waals surface area contributed by atoms with Crippen molar-refractivity contribution in [3.63, 3.8) is 0 Å². The molecule has 48 heavy (non-hydrogen) atoms. The zero-order valence-electron chi connectivity index (χ0n) is 27.5. The summed E-state index contributed by atoms with van der Waals surface area (Å²) in [4.78, 5) is 77.3.